The lowest BCUT2D eigenvalue weighted by molar-refractivity contribution is -0.140. The average molecular weight is 487 g/mol. The minimum atomic E-state index is -1.08. The maximum absolute atomic E-state index is 12.9. The number of benzene rings is 1. The summed E-state index contributed by atoms with van der Waals surface area (Å²) >= 11 is 0. The Bertz CT molecular complexity index is 930. The van der Waals surface area contributed by atoms with Crippen molar-refractivity contribution < 1.29 is 23.9 Å². The fourth-order valence-corrected chi connectivity index (χ4v) is 4.56. The van der Waals surface area contributed by atoms with Crippen LogP contribution in [0.15, 0.2) is 30.3 Å². The van der Waals surface area contributed by atoms with Crippen LogP contribution in [0.5, 0.6) is 0 Å². The Hall–Kier alpha value is -3.02. The molecule has 1 aromatic rings. The zero-order valence-electron chi connectivity index (χ0n) is 20.2. The molecule has 1 aromatic carbocycles. The molecule has 3 aliphatic heterocycles. The van der Waals surface area contributed by atoms with Crippen molar-refractivity contribution in [3.05, 3.63) is 35.9 Å². The highest BCUT2D eigenvalue weighted by molar-refractivity contribution is 6.07. The van der Waals surface area contributed by atoms with Gasteiger partial charge in [0.25, 0.3) is 11.8 Å². The number of urea groups is 1. The number of rotatable bonds is 8. The van der Waals surface area contributed by atoms with Gasteiger partial charge in [-0.05, 0) is 25.3 Å². The Morgan fingerprint density at radius 1 is 0.971 bits per heavy atom. The van der Waals surface area contributed by atoms with Crippen molar-refractivity contribution in [2.45, 2.75) is 25.3 Å². The molecule has 190 valence electrons. The minimum absolute atomic E-state index is 0.0449. The molecule has 5 amide bonds. The topological polar surface area (TPSA) is 115 Å². The Morgan fingerprint density at radius 3 is 2.31 bits per heavy atom. The Morgan fingerprint density at radius 2 is 1.63 bits per heavy atom. The highest BCUT2D eigenvalue weighted by atomic mass is 16.5. The van der Waals surface area contributed by atoms with E-state index >= 15 is 0 Å². The molecule has 1 unspecified atom stereocenters. The van der Waals surface area contributed by atoms with Gasteiger partial charge in [0.05, 0.1) is 26.3 Å². The zero-order valence-corrected chi connectivity index (χ0v) is 20.2. The van der Waals surface area contributed by atoms with Gasteiger partial charge in [0.1, 0.15) is 5.54 Å². The standard InChI is InChI=1S/C24H34N6O5/c1-24(8-7-19-5-3-2-4-6-19)22(33)30(23(34)25-24)26-20(31)17-27-9-11-29(12-10-27)21(32)18-28-13-15-35-16-14-28/h2-6H,7-18H2,1H3,(H,25,34)(H,26,31). The largest absolute Gasteiger partial charge is 0.379 e. The van der Waals surface area contributed by atoms with Crippen LogP contribution in [-0.4, -0.2) is 115 Å². The van der Waals surface area contributed by atoms with Gasteiger partial charge in [0.15, 0.2) is 0 Å². The highest BCUT2D eigenvalue weighted by Crippen LogP contribution is 2.22. The molecule has 11 heteroatoms. The third-order valence-electron chi connectivity index (χ3n) is 6.81. The molecule has 2 N–H and O–H groups in total. The van der Waals surface area contributed by atoms with E-state index in [0.717, 1.165) is 23.7 Å². The summed E-state index contributed by atoms with van der Waals surface area (Å²) in [5.74, 6) is -0.815. The smallest absolute Gasteiger partial charge is 0.344 e. The zero-order chi connectivity index (χ0) is 24.8. The lowest BCUT2D eigenvalue weighted by atomic mass is 9.93. The van der Waals surface area contributed by atoms with Gasteiger partial charge in [0, 0.05) is 39.3 Å². The number of aryl methyl sites for hydroxylation is 1. The van der Waals surface area contributed by atoms with Gasteiger partial charge < -0.3 is 15.0 Å². The van der Waals surface area contributed by atoms with Crippen LogP contribution in [0.1, 0.15) is 18.9 Å². The van der Waals surface area contributed by atoms with Gasteiger partial charge in [0.2, 0.25) is 5.91 Å². The predicted octanol–water partition coefficient (Wildman–Crippen LogP) is -0.563. The molecule has 0 aliphatic carbocycles. The molecule has 4 rings (SSSR count). The first-order valence-electron chi connectivity index (χ1n) is 12.1. The minimum Gasteiger partial charge on any atom is -0.379 e. The van der Waals surface area contributed by atoms with E-state index in [4.69, 9.17) is 4.74 Å². The van der Waals surface area contributed by atoms with Crippen LogP contribution in [-0.2, 0) is 25.5 Å². The second kappa shape index (κ2) is 11.1. The number of imide groups is 1. The van der Waals surface area contributed by atoms with E-state index in [0.29, 0.717) is 58.8 Å². The molecular formula is C24H34N6O5. The first kappa shape index (κ1) is 25.1. The summed E-state index contributed by atoms with van der Waals surface area (Å²) in [6, 6.07) is 9.10. The summed E-state index contributed by atoms with van der Waals surface area (Å²) in [6.07, 6.45) is 1.05. The summed E-state index contributed by atoms with van der Waals surface area (Å²) < 4.78 is 5.32. The third-order valence-corrected chi connectivity index (χ3v) is 6.81. The molecule has 0 saturated carbocycles. The van der Waals surface area contributed by atoms with Crippen LogP contribution in [0.25, 0.3) is 0 Å². The van der Waals surface area contributed by atoms with E-state index in [1.54, 1.807) is 6.92 Å². The monoisotopic (exact) mass is 486 g/mol. The first-order valence-corrected chi connectivity index (χ1v) is 12.1. The number of ether oxygens (including phenoxy) is 1. The summed E-state index contributed by atoms with van der Waals surface area (Å²) in [6.45, 7) is 7.13. The molecule has 0 aromatic heterocycles. The molecule has 0 spiro atoms. The lowest BCUT2D eigenvalue weighted by Crippen LogP contribution is -2.55. The normalized spacial score (nSPS) is 23.9. The summed E-state index contributed by atoms with van der Waals surface area (Å²) in [5.41, 5.74) is 2.45. The van der Waals surface area contributed by atoms with E-state index in [2.05, 4.69) is 15.6 Å². The van der Waals surface area contributed by atoms with Gasteiger partial charge in [-0.1, -0.05) is 30.3 Å². The number of hydrogen-bond donors (Lipinski definition) is 2. The fraction of sp³-hybridized carbons (Fsp3) is 0.583. The maximum atomic E-state index is 12.9. The van der Waals surface area contributed by atoms with Crippen LogP contribution in [0.3, 0.4) is 0 Å². The Kier molecular flexibility index (Phi) is 7.99. The first-order chi connectivity index (χ1) is 16.8. The molecule has 3 aliphatic rings. The molecule has 0 bridgehead atoms. The number of piperazine rings is 1. The van der Waals surface area contributed by atoms with Crippen molar-refractivity contribution in [1.82, 2.24) is 30.5 Å². The summed E-state index contributed by atoms with van der Waals surface area (Å²) in [5, 5.41) is 3.50. The molecule has 11 nitrogen and oxygen atoms in total. The van der Waals surface area contributed by atoms with E-state index in [-0.39, 0.29) is 12.5 Å². The van der Waals surface area contributed by atoms with E-state index in [1.807, 2.05) is 40.1 Å². The van der Waals surface area contributed by atoms with Crippen molar-refractivity contribution in [2.24, 2.45) is 0 Å². The number of hydrogen-bond acceptors (Lipinski definition) is 7. The summed E-state index contributed by atoms with van der Waals surface area (Å²) in [4.78, 5) is 56.3. The SMILES string of the molecule is CC1(CCc2ccccc2)NC(=O)N(NC(=O)CN2CCN(C(=O)CN3CCOCC3)CC2)C1=O. The van der Waals surface area contributed by atoms with E-state index < -0.39 is 23.4 Å². The lowest BCUT2D eigenvalue weighted by Gasteiger charge is -2.36. The molecular weight excluding hydrogens is 452 g/mol. The van der Waals surface area contributed by atoms with Crippen LogP contribution in [0, 0.1) is 0 Å². The number of carbonyl (C=O) groups is 4. The van der Waals surface area contributed by atoms with E-state index in [1.165, 1.54) is 0 Å². The van der Waals surface area contributed by atoms with Crippen LogP contribution < -0.4 is 10.7 Å². The second-order valence-electron chi connectivity index (χ2n) is 9.47. The molecule has 35 heavy (non-hydrogen) atoms. The quantitative estimate of drug-likeness (QED) is 0.474. The van der Waals surface area contributed by atoms with Crippen molar-refractivity contribution in [3.63, 3.8) is 0 Å². The third kappa shape index (κ3) is 6.36. The average Bonchev–Trinajstić information content (AvgIpc) is 3.07. The van der Waals surface area contributed by atoms with Gasteiger partial charge in [-0.25, -0.2) is 4.79 Å². The maximum Gasteiger partial charge on any atom is 0.344 e. The predicted molar refractivity (Wildman–Crippen MR) is 127 cm³/mol. The number of carbonyl (C=O) groups excluding carboxylic acids is 4. The molecule has 3 heterocycles. The molecule has 1 atom stereocenters. The number of hydrazine groups is 1. The molecule has 3 saturated heterocycles. The number of morpholine rings is 1. The van der Waals surface area contributed by atoms with E-state index in [9.17, 15) is 19.2 Å². The fourth-order valence-electron chi connectivity index (χ4n) is 4.56. The molecule has 3 fully saturated rings. The van der Waals surface area contributed by atoms with Crippen molar-refractivity contribution in [2.75, 3.05) is 65.6 Å². The van der Waals surface area contributed by atoms with Gasteiger partial charge >= 0.3 is 6.03 Å². The Balaban J connectivity index is 1.21. The van der Waals surface area contributed by atoms with Gasteiger partial charge in [-0.15, -0.1) is 0 Å². The Labute approximate surface area is 205 Å². The number of nitrogens with one attached hydrogen (secondary N) is 2. The van der Waals surface area contributed by atoms with Crippen molar-refractivity contribution >= 4 is 23.8 Å². The van der Waals surface area contributed by atoms with Crippen LogP contribution in [0.2, 0.25) is 0 Å². The van der Waals surface area contributed by atoms with Gasteiger partial charge in [-0.2, -0.15) is 5.01 Å². The van der Waals surface area contributed by atoms with Crippen molar-refractivity contribution in [3.8, 4) is 0 Å². The molecule has 0 radical (unpaired) electrons. The van der Waals surface area contributed by atoms with Gasteiger partial charge in [-0.3, -0.25) is 29.6 Å². The highest BCUT2D eigenvalue weighted by Gasteiger charge is 2.48. The summed E-state index contributed by atoms with van der Waals surface area (Å²) in [7, 11) is 0. The van der Waals surface area contributed by atoms with Crippen LogP contribution in [0.4, 0.5) is 4.79 Å². The second-order valence-corrected chi connectivity index (χ2v) is 9.47. The van der Waals surface area contributed by atoms with Crippen LogP contribution >= 0.6 is 0 Å². The number of amides is 5. The van der Waals surface area contributed by atoms with Crippen molar-refractivity contribution in [1.29, 1.82) is 0 Å². The number of nitrogens with zero attached hydrogens (tertiary/aromatic N) is 4.